The minimum absolute atomic E-state index is 0.381. The predicted molar refractivity (Wildman–Crippen MR) is 56.1 cm³/mol. The van der Waals surface area contributed by atoms with Crippen LogP contribution in [0.4, 0.5) is 13.2 Å². The zero-order chi connectivity index (χ0) is 13.9. The van der Waals surface area contributed by atoms with Crippen molar-refractivity contribution in [1.29, 1.82) is 5.26 Å². The molecule has 1 aromatic rings. The number of ether oxygens (including phenoxy) is 1. The standard InChI is InChI=1S/C10H6F3NO3S/c1-17-9(16)8-5(4-14)2-6(3-7(8)15)18-10(11,12)13/h2-3,15H,1H3. The number of nitriles is 1. The maximum Gasteiger partial charge on any atom is 0.446 e. The van der Waals surface area contributed by atoms with E-state index < -0.39 is 34.6 Å². The van der Waals surface area contributed by atoms with Gasteiger partial charge >= 0.3 is 11.5 Å². The van der Waals surface area contributed by atoms with Gasteiger partial charge in [0.25, 0.3) is 0 Å². The Kier molecular flexibility index (Phi) is 4.08. The summed E-state index contributed by atoms with van der Waals surface area (Å²) in [5, 5.41) is 18.2. The van der Waals surface area contributed by atoms with Crippen LogP contribution in [0.1, 0.15) is 15.9 Å². The molecule has 1 N–H and O–H groups in total. The van der Waals surface area contributed by atoms with E-state index in [2.05, 4.69) is 4.74 Å². The Bertz CT molecular complexity index is 522. The average molecular weight is 277 g/mol. The number of halogens is 3. The van der Waals surface area contributed by atoms with Crippen molar-refractivity contribution in [1.82, 2.24) is 0 Å². The highest BCUT2D eigenvalue weighted by atomic mass is 32.2. The molecule has 0 aromatic heterocycles. The molecule has 0 heterocycles. The Hall–Kier alpha value is -1.88. The van der Waals surface area contributed by atoms with Gasteiger partial charge in [-0.1, -0.05) is 0 Å². The van der Waals surface area contributed by atoms with Gasteiger partial charge in [0, 0.05) is 4.90 Å². The summed E-state index contributed by atoms with van der Waals surface area (Å²) in [5.74, 6) is -1.72. The number of thioether (sulfide) groups is 1. The predicted octanol–water partition coefficient (Wildman–Crippen LogP) is 2.66. The molecule has 0 bridgehead atoms. The normalized spacial score (nSPS) is 10.8. The quantitative estimate of drug-likeness (QED) is 0.664. The lowest BCUT2D eigenvalue weighted by Crippen LogP contribution is -2.06. The summed E-state index contributed by atoms with van der Waals surface area (Å²) >= 11 is -0.491. The smallest absolute Gasteiger partial charge is 0.446 e. The van der Waals surface area contributed by atoms with E-state index in [1.165, 1.54) is 6.07 Å². The van der Waals surface area contributed by atoms with Gasteiger partial charge in [-0.25, -0.2) is 4.79 Å². The fourth-order valence-electron chi connectivity index (χ4n) is 1.20. The number of phenolic OH excluding ortho intramolecular Hbond substituents is 1. The molecule has 1 aromatic carbocycles. The number of alkyl halides is 3. The van der Waals surface area contributed by atoms with Crippen LogP contribution < -0.4 is 0 Å². The number of phenols is 1. The molecule has 0 fully saturated rings. The first-order valence-corrected chi connectivity index (χ1v) is 5.21. The number of aromatic hydroxyl groups is 1. The van der Waals surface area contributed by atoms with Crippen LogP contribution in [0, 0.1) is 11.3 Å². The van der Waals surface area contributed by atoms with Crippen LogP contribution in [0.2, 0.25) is 0 Å². The monoisotopic (exact) mass is 277 g/mol. The number of benzene rings is 1. The molecule has 18 heavy (non-hydrogen) atoms. The number of methoxy groups -OCH3 is 1. The van der Waals surface area contributed by atoms with Gasteiger partial charge in [-0.05, 0) is 23.9 Å². The first-order valence-electron chi connectivity index (χ1n) is 4.39. The largest absolute Gasteiger partial charge is 0.507 e. The number of esters is 1. The van der Waals surface area contributed by atoms with E-state index >= 15 is 0 Å². The van der Waals surface area contributed by atoms with Crippen LogP contribution in [0.15, 0.2) is 17.0 Å². The summed E-state index contributed by atoms with van der Waals surface area (Å²) in [7, 11) is 1.03. The Morgan fingerprint density at radius 3 is 2.56 bits per heavy atom. The van der Waals surface area contributed by atoms with Crippen LogP contribution in [-0.4, -0.2) is 23.7 Å². The van der Waals surface area contributed by atoms with Crippen LogP contribution in [0.5, 0.6) is 5.75 Å². The van der Waals surface area contributed by atoms with Gasteiger partial charge in [0.05, 0.1) is 12.7 Å². The molecule has 0 aliphatic rings. The third kappa shape index (κ3) is 3.30. The third-order valence-electron chi connectivity index (χ3n) is 1.83. The summed E-state index contributed by atoms with van der Waals surface area (Å²) in [5.41, 5.74) is -5.38. The molecule has 96 valence electrons. The molecule has 0 saturated carbocycles. The summed E-state index contributed by atoms with van der Waals surface area (Å²) in [6, 6.07) is 3.16. The second kappa shape index (κ2) is 5.18. The van der Waals surface area contributed by atoms with Crippen molar-refractivity contribution >= 4 is 17.7 Å². The van der Waals surface area contributed by atoms with Crippen molar-refractivity contribution in [2.45, 2.75) is 10.4 Å². The van der Waals surface area contributed by atoms with Gasteiger partial charge in [-0.15, -0.1) is 0 Å². The molecule has 4 nitrogen and oxygen atoms in total. The number of nitrogens with zero attached hydrogens (tertiary/aromatic N) is 1. The van der Waals surface area contributed by atoms with Crippen molar-refractivity contribution < 1.29 is 27.8 Å². The Morgan fingerprint density at radius 1 is 1.50 bits per heavy atom. The van der Waals surface area contributed by atoms with Crippen LogP contribution in [-0.2, 0) is 4.74 Å². The minimum atomic E-state index is -4.55. The fourth-order valence-corrected chi connectivity index (χ4v) is 1.81. The zero-order valence-electron chi connectivity index (χ0n) is 8.91. The van der Waals surface area contributed by atoms with Crippen molar-refractivity contribution in [3.05, 3.63) is 23.3 Å². The molecule has 0 radical (unpaired) electrons. The molecule has 0 atom stereocenters. The SMILES string of the molecule is COC(=O)c1c(O)cc(SC(F)(F)F)cc1C#N. The summed E-state index contributed by atoms with van der Waals surface area (Å²) in [6.07, 6.45) is 0. The Morgan fingerprint density at radius 2 is 2.11 bits per heavy atom. The lowest BCUT2D eigenvalue weighted by Gasteiger charge is -2.09. The van der Waals surface area contributed by atoms with Crippen molar-refractivity contribution in [3.8, 4) is 11.8 Å². The molecular weight excluding hydrogens is 271 g/mol. The van der Waals surface area contributed by atoms with Crippen molar-refractivity contribution in [2.75, 3.05) is 7.11 Å². The third-order valence-corrected chi connectivity index (χ3v) is 2.54. The molecule has 1 rings (SSSR count). The highest BCUT2D eigenvalue weighted by Gasteiger charge is 2.30. The molecule has 0 aliphatic heterocycles. The van der Waals surface area contributed by atoms with E-state index in [9.17, 15) is 23.1 Å². The van der Waals surface area contributed by atoms with Crippen LogP contribution in [0.3, 0.4) is 0 Å². The molecular formula is C10H6F3NO3S. The Balaban J connectivity index is 3.29. The first-order chi connectivity index (χ1) is 8.28. The van der Waals surface area contributed by atoms with Crippen LogP contribution in [0.25, 0.3) is 0 Å². The minimum Gasteiger partial charge on any atom is -0.507 e. The van der Waals surface area contributed by atoms with Gasteiger partial charge in [-0.3, -0.25) is 0 Å². The molecule has 8 heteroatoms. The van der Waals surface area contributed by atoms with Gasteiger partial charge in [-0.2, -0.15) is 18.4 Å². The number of carbonyl (C=O) groups is 1. The second-order valence-corrected chi connectivity index (χ2v) is 4.15. The van der Waals surface area contributed by atoms with Gasteiger partial charge in [0.15, 0.2) is 0 Å². The maximum atomic E-state index is 12.1. The lowest BCUT2D eigenvalue weighted by atomic mass is 10.1. The fraction of sp³-hybridized carbons (Fsp3) is 0.200. The van der Waals surface area contributed by atoms with E-state index in [1.54, 1.807) is 0 Å². The van der Waals surface area contributed by atoms with E-state index in [0.29, 0.717) is 0 Å². The van der Waals surface area contributed by atoms with E-state index in [0.717, 1.165) is 19.2 Å². The lowest BCUT2D eigenvalue weighted by molar-refractivity contribution is -0.0328. The van der Waals surface area contributed by atoms with Crippen LogP contribution >= 0.6 is 11.8 Å². The number of hydrogen-bond acceptors (Lipinski definition) is 5. The van der Waals surface area contributed by atoms with Gasteiger partial charge < -0.3 is 9.84 Å². The number of carbonyl (C=O) groups excluding carboxylic acids is 1. The summed E-state index contributed by atoms with van der Waals surface area (Å²) in [4.78, 5) is 10.9. The van der Waals surface area contributed by atoms with Gasteiger partial charge in [0.2, 0.25) is 0 Å². The topological polar surface area (TPSA) is 70.3 Å². The maximum absolute atomic E-state index is 12.1. The summed E-state index contributed by atoms with van der Waals surface area (Å²) in [6.45, 7) is 0. The molecule has 0 saturated heterocycles. The number of hydrogen-bond donors (Lipinski definition) is 1. The molecule has 0 amide bonds. The average Bonchev–Trinajstić information content (AvgIpc) is 2.24. The number of rotatable bonds is 2. The zero-order valence-corrected chi connectivity index (χ0v) is 9.72. The van der Waals surface area contributed by atoms with E-state index in [1.807, 2.05) is 0 Å². The van der Waals surface area contributed by atoms with Crippen molar-refractivity contribution in [3.63, 3.8) is 0 Å². The highest BCUT2D eigenvalue weighted by Crippen LogP contribution is 2.39. The molecule has 0 unspecified atom stereocenters. The van der Waals surface area contributed by atoms with Crippen molar-refractivity contribution in [2.24, 2.45) is 0 Å². The van der Waals surface area contributed by atoms with Gasteiger partial charge in [0.1, 0.15) is 17.4 Å². The van der Waals surface area contributed by atoms with E-state index in [4.69, 9.17) is 5.26 Å². The first kappa shape index (κ1) is 14.2. The highest BCUT2D eigenvalue weighted by molar-refractivity contribution is 8.00. The molecule has 0 spiro atoms. The second-order valence-electron chi connectivity index (χ2n) is 3.02. The molecule has 0 aliphatic carbocycles. The summed E-state index contributed by atoms with van der Waals surface area (Å²) < 4.78 is 40.7. The van der Waals surface area contributed by atoms with E-state index in [-0.39, 0.29) is 10.5 Å². The Labute approximate surface area is 104 Å².